The summed E-state index contributed by atoms with van der Waals surface area (Å²) < 4.78 is 14.4. The van der Waals surface area contributed by atoms with Crippen molar-refractivity contribution in [2.24, 2.45) is 23.2 Å². The van der Waals surface area contributed by atoms with Gasteiger partial charge in [-0.2, -0.15) is 0 Å². The molecule has 7 atom stereocenters. The van der Waals surface area contributed by atoms with Crippen LogP contribution in [-0.4, -0.2) is 27.4 Å². The zero-order valence-electron chi connectivity index (χ0n) is 19.7. The minimum atomic E-state index is -0.914. The molecule has 1 heterocycles. The van der Waals surface area contributed by atoms with Crippen LogP contribution in [0, 0.1) is 23.2 Å². The first-order valence-corrected chi connectivity index (χ1v) is 13.5. The number of aromatic nitrogens is 1. The number of nitrogens with zero attached hydrogens (tertiary/aromatic N) is 1. The summed E-state index contributed by atoms with van der Waals surface area (Å²) in [5, 5.41) is 22.4. The summed E-state index contributed by atoms with van der Waals surface area (Å²) in [7, 11) is 0. The average molecular weight is 462 g/mol. The van der Waals surface area contributed by atoms with Crippen LogP contribution in [0.1, 0.15) is 95.7 Å². The predicted molar refractivity (Wildman–Crippen MR) is 129 cm³/mol. The van der Waals surface area contributed by atoms with Gasteiger partial charge in [-0.3, -0.25) is 0 Å². The molecule has 4 rings (SSSR count). The van der Waals surface area contributed by atoms with Gasteiger partial charge in [0.25, 0.3) is 0 Å². The fourth-order valence-electron chi connectivity index (χ4n) is 7.08. The van der Waals surface area contributed by atoms with Crippen LogP contribution in [-0.2, 0) is 0 Å². The molecule has 3 aliphatic rings. The number of hydrogen-bond acceptors (Lipinski definition) is 4. The van der Waals surface area contributed by atoms with E-state index in [4.69, 9.17) is 0 Å². The number of aliphatic hydroxyl groups is 2. The maximum absolute atomic E-state index is 14.4. The van der Waals surface area contributed by atoms with Crippen LogP contribution in [0.5, 0.6) is 0 Å². The second kappa shape index (κ2) is 10.5. The zero-order chi connectivity index (χ0) is 22.7. The first-order valence-electron chi connectivity index (χ1n) is 12.6. The van der Waals surface area contributed by atoms with E-state index in [9.17, 15) is 14.6 Å². The fraction of sp³-hybridized carbons (Fsp3) is 0.741. The van der Waals surface area contributed by atoms with Crippen LogP contribution >= 0.6 is 11.3 Å². The van der Waals surface area contributed by atoms with Crippen LogP contribution in [0.2, 0.25) is 0 Å². The minimum Gasteiger partial charge on any atom is -0.393 e. The number of alkyl halides is 1. The molecule has 178 valence electrons. The fourth-order valence-corrected chi connectivity index (χ4v) is 7.73. The summed E-state index contributed by atoms with van der Waals surface area (Å²) in [6, 6.07) is 0. The van der Waals surface area contributed by atoms with Crippen molar-refractivity contribution in [3.8, 4) is 0 Å². The van der Waals surface area contributed by atoms with E-state index in [2.05, 4.69) is 31.0 Å². The van der Waals surface area contributed by atoms with Gasteiger partial charge in [0, 0.05) is 11.6 Å². The Bertz CT molecular complexity index is 795. The monoisotopic (exact) mass is 461 g/mol. The summed E-state index contributed by atoms with van der Waals surface area (Å²) in [6.45, 7) is 4.90. The first-order chi connectivity index (χ1) is 15.4. The van der Waals surface area contributed by atoms with Crippen molar-refractivity contribution in [1.29, 1.82) is 0 Å². The molecule has 1 aromatic rings. The highest BCUT2D eigenvalue weighted by molar-refractivity contribution is 7.09. The van der Waals surface area contributed by atoms with Crippen molar-refractivity contribution in [2.45, 2.75) is 103 Å². The smallest absolute Gasteiger partial charge is 0.151 e. The van der Waals surface area contributed by atoms with Gasteiger partial charge >= 0.3 is 0 Å². The number of thiazole rings is 1. The number of halogens is 1. The summed E-state index contributed by atoms with van der Waals surface area (Å²) in [5.41, 5.74) is 3.10. The molecule has 0 unspecified atom stereocenters. The topological polar surface area (TPSA) is 53.4 Å². The quantitative estimate of drug-likeness (QED) is 0.463. The Morgan fingerprint density at radius 1 is 1.22 bits per heavy atom. The Balaban J connectivity index is 1.36. The van der Waals surface area contributed by atoms with Crippen molar-refractivity contribution in [3.63, 3.8) is 0 Å². The van der Waals surface area contributed by atoms with Gasteiger partial charge in [0.1, 0.15) is 5.01 Å². The standard InChI is InChI=1S/C27H40FNO2S/c1-18(5-3-7-25(28)26-29-13-14-32-26)23-10-11-24-20(6-4-12-27(23,24)2)9-8-19-15-21(30)17-22(31)16-19/h8-9,13-14,18,21-25,30-31H,3-7,10-12,15-17H2,1-2H3/b20-9+/t18-,21-,22-,23-,24+,25-,27-/m1/s1. The number of allylic oxidation sites excluding steroid dienone is 3. The van der Waals surface area contributed by atoms with Crippen LogP contribution in [0.25, 0.3) is 0 Å². The lowest BCUT2D eigenvalue weighted by molar-refractivity contribution is 0.0609. The molecule has 3 saturated carbocycles. The van der Waals surface area contributed by atoms with E-state index >= 15 is 0 Å². The number of aliphatic hydroxyl groups excluding tert-OH is 2. The van der Waals surface area contributed by atoms with E-state index < -0.39 is 18.4 Å². The van der Waals surface area contributed by atoms with Crippen LogP contribution < -0.4 is 0 Å². The summed E-state index contributed by atoms with van der Waals surface area (Å²) in [4.78, 5) is 4.13. The molecule has 1 aromatic heterocycles. The van der Waals surface area contributed by atoms with Gasteiger partial charge < -0.3 is 10.2 Å². The Labute approximate surface area is 196 Å². The molecule has 0 bridgehead atoms. The molecular weight excluding hydrogens is 421 g/mol. The molecule has 0 saturated heterocycles. The summed E-state index contributed by atoms with van der Waals surface area (Å²) in [5.74, 6) is 1.97. The maximum Gasteiger partial charge on any atom is 0.151 e. The van der Waals surface area contributed by atoms with Gasteiger partial charge in [-0.25, -0.2) is 9.37 Å². The summed E-state index contributed by atoms with van der Waals surface area (Å²) in [6.07, 6.45) is 15.2. The van der Waals surface area contributed by atoms with E-state index in [1.54, 1.807) is 11.8 Å². The van der Waals surface area contributed by atoms with Gasteiger partial charge in [0.15, 0.2) is 6.17 Å². The van der Waals surface area contributed by atoms with Gasteiger partial charge in [-0.05, 0) is 87.4 Å². The Morgan fingerprint density at radius 2 is 2.00 bits per heavy atom. The molecule has 3 fully saturated rings. The molecule has 0 aromatic carbocycles. The van der Waals surface area contributed by atoms with Crippen molar-refractivity contribution in [1.82, 2.24) is 4.98 Å². The lowest BCUT2D eigenvalue weighted by atomic mass is 9.60. The maximum atomic E-state index is 14.4. The van der Waals surface area contributed by atoms with E-state index in [1.807, 2.05) is 5.38 Å². The van der Waals surface area contributed by atoms with E-state index in [0.29, 0.717) is 53.9 Å². The van der Waals surface area contributed by atoms with Gasteiger partial charge in [-0.1, -0.05) is 43.6 Å². The third-order valence-electron chi connectivity index (χ3n) is 8.63. The highest BCUT2D eigenvalue weighted by Gasteiger charge is 2.50. The third kappa shape index (κ3) is 5.37. The molecule has 0 radical (unpaired) electrons. The molecule has 3 nitrogen and oxygen atoms in total. The second-order valence-electron chi connectivity index (χ2n) is 10.9. The number of hydrogen-bond donors (Lipinski definition) is 2. The molecule has 32 heavy (non-hydrogen) atoms. The van der Waals surface area contributed by atoms with E-state index in [1.165, 1.54) is 49.0 Å². The van der Waals surface area contributed by atoms with E-state index in [0.717, 1.165) is 12.8 Å². The zero-order valence-corrected chi connectivity index (χ0v) is 20.5. The lowest BCUT2D eigenvalue weighted by Gasteiger charge is -2.44. The first kappa shape index (κ1) is 24.1. The number of rotatable bonds is 7. The molecule has 0 aliphatic heterocycles. The van der Waals surface area contributed by atoms with Gasteiger partial charge in [0.2, 0.25) is 0 Å². The SMILES string of the molecule is C[C@H](CCC[C@@H](F)c1nccs1)[C@H]1CC[C@H]2/C(=C/C=C3C[C@@H](O)C[C@H](O)C3)CCC[C@]12C. The molecule has 0 spiro atoms. The summed E-state index contributed by atoms with van der Waals surface area (Å²) >= 11 is 1.42. The number of fused-ring (bicyclic) bond motifs is 1. The molecule has 3 aliphatic carbocycles. The largest absolute Gasteiger partial charge is 0.393 e. The second-order valence-corrected chi connectivity index (χ2v) is 11.8. The van der Waals surface area contributed by atoms with Gasteiger partial charge in [0.05, 0.1) is 12.2 Å². The van der Waals surface area contributed by atoms with Crippen LogP contribution in [0.4, 0.5) is 4.39 Å². The van der Waals surface area contributed by atoms with E-state index in [-0.39, 0.29) is 0 Å². The van der Waals surface area contributed by atoms with Crippen LogP contribution in [0.3, 0.4) is 0 Å². The molecule has 0 amide bonds. The van der Waals surface area contributed by atoms with Crippen molar-refractivity contribution in [3.05, 3.63) is 39.9 Å². The lowest BCUT2D eigenvalue weighted by Crippen LogP contribution is -2.36. The Hall–Kier alpha value is -1.04. The molecule has 5 heteroatoms. The van der Waals surface area contributed by atoms with Crippen molar-refractivity contribution >= 4 is 11.3 Å². The molecule has 2 N–H and O–H groups in total. The van der Waals surface area contributed by atoms with Crippen LogP contribution in [0.15, 0.2) is 34.9 Å². The predicted octanol–water partition coefficient (Wildman–Crippen LogP) is 6.94. The highest BCUT2D eigenvalue weighted by Crippen LogP contribution is 2.60. The Morgan fingerprint density at radius 3 is 2.72 bits per heavy atom. The van der Waals surface area contributed by atoms with Crippen molar-refractivity contribution < 1.29 is 14.6 Å². The van der Waals surface area contributed by atoms with Crippen molar-refractivity contribution in [2.75, 3.05) is 0 Å². The minimum absolute atomic E-state index is 0.345. The third-order valence-corrected chi connectivity index (χ3v) is 9.49. The highest BCUT2D eigenvalue weighted by atomic mass is 32.1. The van der Waals surface area contributed by atoms with Gasteiger partial charge in [-0.15, -0.1) is 11.3 Å². The Kier molecular flexibility index (Phi) is 7.89. The average Bonchev–Trinajstić information content (AvgIpc) is 3.39. The normalized spacial score (nSPS) is 36.2. The molecular formula is C27H40FNO2S.